The number of hydrogen-bond acceptors (Lipinski definition) is 5. The summed E-state index contributed by atoms with van der Waals surface area (Å²) < 4.78 is 8.28. The maximum Gasteiger partial charge on any atom is 0.256 e. The number of rotatable bonds is 5. The monoisotopic (exact) mass is 477 g/mol. The quantitative estimate of drug-likeness (QED) is 0.416. The van der Waals surface area contributed by atoms with Gasteiger partial charge in [-0.3, -0.25) is 4.79 Å². The first-order valence-electron chi connectivity index (χ1n) is 9.63. The summed E-state index contributed by atoms with van der Waals surface area (Å²) in [7, 11) is 0. The van der Waals surface area contributed by atoms with Crippen molar-refractivity contribution in [2.24, 2.45) is 0 Å². The second kappa shape index (κ2) is 8.69. The number of ether oxygens (including phenoxy) is 1. The molecular formula is C23H20BrN5O2. The number of anilines is 1. The van der Waals surface area contributed by atoms with Crippen LogP contribution in [0.1, 0.15) is 27.3 Å². The summed E-state index contributed by atoms with van der Waals surface area (Å²) in [6.45, 7) is 6.00. The van der Waals surface area contributed by atoms with Crippen LogP contribution in [0.15, 0.2) is 65.1 Å². The van der Waals surface area contributed by atoms with Crippen molar-refractivity contribution in [1.82, 2.24) is 20.0 Å². The molecule has 0 aliphatic carbocycles. The number of amides is 1. The molecule has 31 heavy (non-hydrogen) atoms. The summed E-state index contributed by atoms with van der Waals surface area (Å²) in [6, 6.07) is 17.9. The van der Waals surface area contributed by atoms with Crippen molar-refractivity contribution in [3.63, 3.8) is 0 Å². The van der Waals surface area contributed by atoms with E-state index in [-0.39, 0.29) is 5.91 Å². The van der Waals surface area contributed by atoms with Crippen LogP contribution in [0, 0.1) is 20.8 Å². The van der Waals surface area contributed by atoms with Gasteiger partial charge < -0.3 is 10.1 Å². The van der Waals surface area contributed by atoms with Crippen LogP contribution in [-0.2, 0) is 0 Å². The van der Waals surface area contributed by atoms with Gasteiger partial charge in [-0.2, -0.15) is 5.10 Å². The summed E-state index contributed by atoms with van der Waals surface area (Å²) in [5, 5.41) is 15.7. The van der Waals surface area contributed by atoms with Gasteiger partial charge in [-0.15, -0.1) is 10.2 Å². The molecule has 0 bridgehead atoms. The highest BCUT2D eigenvalue weighted by atomic mass is 79.9. The number of carbonyl (C=O) groups is 1. The van der Waals surface area contributed by atoms with Crippen LogP contribution < -0.4 is 10.1 Å². The molecule has 8 heteroatoms. The first-order chi connectivity index (χ1) is 14.9. The lowest BCUT2D eigenvalue weighted by Crippen LogP contribution is -2.12. The molecule has 0 unspecified atom stereocenters. The van der Waals surface area contributed by atoms with Crippen LogP contribution in [0.3, 0.4) is 0 Å². The van der Waals surface area contributed by atoms with E-state index in [0.717, 1.165) is 21.4 Å². The molecular weight excluding hydrogens is 458 g/mol. The van der Waals surface area contributed by atoms with Crippen LogP contribution in [-0.4, -0.2) is 25.9 Å². The Bertz CT molecular complexity index is 1230. The van der Waals surface area contributed by atoms with E-state index in [4.69, 9.17) is 4.74 Å². The van der Waals surface area contributed by atoms with E-state index in [1.807, 2.05) is 45.0 Å². The first-order valence-corrected chi connectivity index (χ1v) is 10.4. The second-order valence-electron chi connectivity index (χ2n) is 7.00. The number of carbonyl (C=O) groups excluding carboxylic acids is 1. The molecule has 1 N–H and O–H groups in total. The van der Waals surface area contributed by atoms with Gasteiger partial charge in [-0.25, -0.2) is 4.68 Å². The van der Waals surface area contributed by atoms with E-state index >= 15 is 0 Å². The second-order valence-corrected chi connectivity index (χ2v) is 7.85. The Morgan fingerprint density at radius 1 is 0.968 bits per heavy atom. The molecule has 2 heterocycles. The summed E-state index contributed by atoms with van der Waals surface area (Å²) in [4.78, 5) is 12.4. The van der Waals surface area contributed by atoms with Crippen LogP contribution in [0.5, 0.6) is 11.6 Å². The molecule has 4 aromatic rings. The average Bonchev–Trinajstić information content (AvgIpc) is 3.03. The van der Waals surface area contributed by atoms with Gasteiger partial charge in [0.15, 0.2) is 5.82 Å². The van der Waals surface area contributed by atoms with Gasteiger partial charge in [0.2, 0.25) is 5.88 Å². The zero-order valence-corrected chi connectivity index (χ0v) is 18.8. The maximum atomic E-state index is 12.4. The molecule has 0 spiro atoms. The molecule has 0 atom stereocenters. The third kappa shape index (κ3) is 4.49. The smallest absolute Gasteiger partial charge is 0.256 e. The summed E-state index contributed by atoms with van der Waals surface area (Å²) in [6.07, 6.45) is 0. The minimum atomic E-state index is -0.193. The molecule has 0 aliphatic heterocycles. The minimum absolute atomic E-state index is 0.193. The Balaban J connectivity index is 1.42. The molecule has 2 aromatic heterocycles. The van der Waals surface area contributed by atoms with Crippen LogP contribution in [0.2, 0.25) is 0 Å². The normalized spacial score (nSPS) is 10.7. The predicted molar refractivity (Wildman–Crippen MR) is 122 cm³/mol. The van der Waals surface area contributed by atoms with E-state index in [1.165, 1.54) is 0 Å². The third-order valence-corrected chi connectivity index (χ3v) is 5.64. The molecule has 1 amide bonds. The number of benzene rings is 2. The van der Waals surface area contributed by atoms with Crippen molar-refractivity contribution in [1.29, 1.82) is 0 Å². The molecule has 4 rings (SSSR count). The van der Waals surface area contributed by atoms with Gasteiger partial charge in [-0.1, -0.05) is 12.1 Å². The fourth-order valence-electron chi connectivity index (χ4n) is 2.99. The highest BCUT2D eigenvalue weighted by molar-refractivity contribution is 9.10. The standard InChI is InChI=1S/C23H20BrN5O2/c1-14-15(2)28-29(16(14)3)21-12-13-22(27-26-21)31-18-10-8-17(9-11-18)25-23(30)19-6-4-5-7-20(19)24/h4-13H,1-3H3,(H,25,30). The highest BCUT2D eigenvalue weighted by Crippen LogP contribution is 2.23. The van der Waals surface area contributed by atoms with E-state index in [0.29, 0.717) is 28.7 Å². The fourth-order valence-corrected chi connectivity index (χ4v) is 3.46. The van der Waals surface area contributed by atoms with E-state index in [9.17, 15) is 4.79 Å². The van der Waals surface area contributed by atoms with Crippen molar-refractivity contribution in [2.45, 2.75) is 20.8 Å². The zero-order valence-electron chi connectivity index (χ0n) is 17.3. The van der Waals surface area contributed by atoms with Gasteiger partial charge >= 0.3 is 0 Å². The van der Waals surface area contributed by atoms with Crippen molar-refractivity contribution in [3.05, 3.63) is 87.7 Å². The van der Waals surface area contributed by atoms with E-state index in [1.54, 1.807) is 41.1 Å². The van der Waals surface area contributed by atoms with Gasteiger partial charge in [0.1, 0.15) is 5.75 Å². The molecule has 0 fully saturated rings. The minimum Gasteiger partial charge on any atom is -0.438 e. The Morgan fingerprint density at radius 2 is 1.71 bits per heavy atom. The molecule has 0 saturated heterocycles. The fraction of sp³-hybridized carbons (Fsp3) is 0.130. The Kier molecular flexibility index (Phi) is 5.81. The molecule has 0 aliphatic rings. The lowest BCUT2D eigenvalue weighted by atomic mass is 10.2. The number of hydrogen-bond donors (Lipinski definition) is 1. The average molecular weight is 478 g/mol. The van der Waals surface area contributed by atoms with E-state index in [2.05, 4.69) is 36.5 Å². The molecule has 2 aromatic carbocycles. The van der Waals surface area contributed by atoms with Gasteiger partial charge in [0.25, 0.3) is 5.91 Å². The lowest BCUT2D eigenvalue weighted by Gasteiger charge is -2.09. The number of nitrogens with one attached hydrogen (secondary N) is 1. The summed E-state index contributed by atoms with van der Waals surface area (Å²) in [5.41, 5.74) is 4.35. The number of nitrogens with zero attached hydrogens (tertiary/aromatic N) is 4. The number of aryl methyl sites for hydroxylation is 1. The number of halogens is 1. The van der Waals surface area contributed by atoms with Crippen molar-refractivity contribution in [3.8, 4) is 17.4 Å². The van der Waals surface area contributed by atoms with Crippen LogP contribution in [0.25, 0.3) is 5.82 Å². The SMILES string of the molecule is Cc1nn(-c2ccc(Oc3ccc(NC(=O)c4ccccc4Br)cc3)nn2)c(C)c1C. The van der Waals surface area contributed by atoms with Gasteiger partial charge in [-0.05, 0) is 84.7 Å². The summed E-state index contributed by atoms with van der Waals surface area (Å²) in [5.74, 6) is 1.39. The van der Waals surface area contributed by atoms with E-state index < -0.39 is 0 Å². The molecule has 7 nitrogen and oxygen atoms in total. The van der Waals surface area contributed by atoms with Gasteiger partial charge in [0.05, 0.1) is 11.3 Å². The molecule has 0 saturated carbocycles. The van der Waals surface area contributed by atoms with Crippen molar-refractivity contribution >= 4 is 27.5 Å². The maximum absolute atomic E-state index is 12.4. The molecule has 0 radical (unpaired) electrons. The predicted octanol–water partition coefficient (Wildman–Crippen LogP) is 5.39. The zero-order chi connectivity index (χ0) is 22.0. The Morgan fingerprint density at radius 3 is 2.32 bits per heavy atom. The Labute approximate surface area is 188 Å². The van der Waals surface area contributed by atoms with Gasteiger partial charge in [0, 0.05) is 21.9 Å². The van der Waals surface area contributed by atoms with Crippen LogP contribution >= 0.6 is 15.9 Å². The number of aromatic nitrogens is 4. The van der Waals surface area contributed by atoms with Crippen LogP contribution in [0.4, 0.5) is 5.69 Å². The summed E-state index contributed by atoms with van der Waals surface area (Å²) >= 11 is 3.39. The highest BCUT2D eigenvalue weighted by Gasteiger charge is 2.12. The van der Waals surface area contributed by atoms with Crippen molar-refractivity contribution < 1.29 is 9.53 Å². The first kappa shape index (κ1) is 20.7. The largest absolute Gasteiger partial charge is 0.438 e. The Hall–Kier alpha value is -3.52. The van der Waals surface area contributed by atoms with Crippen molar-refractivity contribution in [2.75, 3.05) is 5.32 Å². The topological polar surface area (TPSA) is 81.9 Å². The lowest BCUT2D eigenvalue weighted by molar-refractivity contribution is 0.102. The third-order valence-electron chi connectivity index (χ3n) is 4.95. The molecule has 156 valence electrons.